The Bertz CT molecular complexity index is 814. The summed E-state index contributed by atoms with van der Waals surface area (Å²) in [5.41, 5.74) is 2.24. The van der Waals surface area contributed by atoms with E-state index in [1.54, 1.807) is 35.6 Å². The van der Waals surface area contributed by atoms with E-state index in [2.05, 4.69) is 5.32 Å². The molecule has 3 nitrogen and oxygen atoms in total. The van der Waals surface area contributed by atoms with Crippen molar-refractivity contribution < 1.29 is 9.53 Å². The Labute approximate surface area is 156 Å². The number of nitrogens with one attached hydrogen (secondary N) is 1. The van der Waals surface area contributed by atoms with Gasteiger partial charge in [0, 0.05) is 9.90 Å². The van der Waals surface area contributed by atoms with Gasteiger partial charge in [0.05, 0.1) is 6.04 Å². The van der Waals surface area contributed by atoms with Crippen molar-refractivity contribution in [2.45, 2.75) is 13.0 Å². The van der Waals surface area contributed by atoms with E-state index in [0.717, 1.165) is 10.4 Å². The summed E-state index contributed by atoms with van der Waals surface area (Å²) >= 11 is 7.46. The highest BCUT2D eigenvalue weighted by Crippen LogP contribution is 2.26. The number of halogens is 1. The van der Waals surface area contributed by atoms with Crippen LogP contribution in [0.4, 0.5) is 0 Å². The number of benzene rings is 2. The zero-order valence-corrected chi connectivity index (χ0v) is 15.3. The molecule has 0 bridgehead atoms. The molecule has 0 saturated heterocycles. The normalized spacial score (nSPS) is 11.8. The quantitative estimate of drug-likeness (QED) is 0.662. The first-order valence-corrected chi connectivity index (χ1v) is 9.15. The first-order chi connectivity index (χ1) is 12.1. The average Bonchev–Trinajstić information content (AvgIpc) is 3.14. The van der Waals surface area contributed by atoms with Crippen LogP contribution in [-0.2, 0) is 4.79 Å². The maximum absolute atomic E-state index is 12.4. The molecule has 0 aliphatic heterocycles. The lowest BCUT2D eigenvalue weighted by Gasteiger charge is -2.18. The predicted octanol–water partition coefficient (Wildman–Crippen LogP) is 4.99. The van der Waals surface area contributed by atoms with Gasteiger partial charge < -0.3 is 10.1 Å². The fourth-order valence-corrected chi connectivity index (χ4v) is 3.34. The van der Waals surface area contributed by atoms with Crippen molar-refractivity contribution in [2.24, 2.45) is 0 Å². The lowest BCUT2D eigenvalue weighted by Crippen LogP contribution is -2.32. The van der Waals surface area contributed by atoms with Crippen molar-refractivity contribution in [1.82, 2.24) is 5.32 Å². The minimum Gasteiger partial charge on any atom is -0.484 e. The van der Waals surface area contributed by atoms with Crippen LogP contribution in [0, 0.1) is 6.92 Å². The molecule has 1 atom stereocenters. The molecule has 2 aromatic carbocycles. The van der Waals surface area contributed by atoms with E-state index >= 15 is 0 Å². The van der Waals surface area contributed by atoms with Gasteiger partial charge >= 0.3 is 0 Å². The molecular weight excluding hydrogens is 354 g/mol. The second kappa shape index (κ2) is 8.19. The molecule has 0 saturated carbocycles. The molecule has 128 valence electrons. The van der Waals surface area contributed by atoms with Crippen molar-refractivity contribution in [3.8, 4) is 5.75 Å². The smallest absolute Gasteiger partial charge is 0.258 e. The maximum Gasteiger partial charge on any atom is 0.258 e. The Kier molecular flexibility index (Phi) is 5.74. The van der Waals surface area contributed by atoms with Gasteiger partial charge in [0.2, 0.25) is 0 Å². The molecule has 1 N–H and O–H groups in total. The first-order valence-electron chi connectivity index (χ1n) is 7.89. The van der Waals surface area contributed by atoms with E-state index in [-0.39, 0.29) is 18.6 Å². The van der Waals surface area contributed by atoms with Crippen LogP contribution in [0.5, 0.6) is 5.75 Å². The fraction of sp³-hybridized carbons (Fsp3) is 0.150. The SMILES string of the molecule is Cc1ccc([C@H](NC(=O)COc2ccc(Cl)cc2)c2cccs2)cc1. The predicted molar refractivity (Wildman–Crippen MR) is 102 cm³/mol. The Hall–Kier alpha value is -2.30. The van der Waals surface area contributed by atoms with E-state index in [4.69, 9.17) is 16.3 Å². The van der Waals surface area contributed by atoms with Crippen molar-refractivity contribution >= 4 is 28.8 Å². The third kappa shape index (κ3) is 4.84. The molecule has 0 radical (unpaired) electrons. The maximum atomic E-state index is 12.4. The summed E-state index contributed by atoms with van der Waals surface area (Å²) in [4.78, 5) is 13.5. The van der Waals surface area contributed by atoms with Crippen LogP contribution in [0.2, 0.25) is 5.02 Å². The minimum atomic E-state index is -0.179. The summed E-state index contributed by atoms with van der Waals surface area (Å²) in [6, 6.07) is 19.0. The highest BCUT2D eigenvalue weighted by molar-refractivity contribution is 7.10. The highest BCUT2D eigenvalue weighted by atomic mass is 35.5. The van der Waals surface area contributed by atoms with Gasteiger partial charge in [0.15, 0.2) is 6.61 Å². The number of hydrogen-bond donors (Lipinski definition) is 1. The van der Waals surface area contributed by atoms with E-state index in [9.17, 15) is 4.79 Å². The molecule has 3 aromatic rings. The number of carbonyl (C=O) groups is 1. The van der Waals surface area contributed by atoms with Gasteiger partial charge in [0.25, 0.3) is 5.91 Å². The Morgan fingerprint density at radius 3 is 2.48 bits per heavy atom. The number of ether oxygens (including phenoxy) is 1. The Morgan fingerprint density at radius 2 is 1.84 bits per heavy atom. The summed E-state index contributed by atoms with van der Waals surface area (Å²) in [7, 11) is 0. The number of thiophene rings is 1. The highest BCUT2D eigenvalue weighted by Gasteiger charge is 2.18. The molecule has 1 amide bonds. The first kappa shape index (κ1) is 17.5. The molecule has 0 fully saturated rings. The molecule has 5 heteroatoms. The minimum absolute atomic E-state index is 0.0463. The summed E-state index contributed by atoms with van der Waals surface area (Å²) in [5, 5.41) is 5.70. The van der Waals surface area contributed by atoms with Crippen LogP contribution >= 0.6 is 22.9 Å². The van der Waals surface area contributed by atoms with Gasteiger partial charge in [-0.15, -0.1) is 11.3 Å². The molecular formula is C20H18ClNO2S. The Balaban J connectivity index is 1.68. The number of rotatable bonds is 6. The summed E-state index contributed by atoms with van der Waals surface area (Å²) < 4.78 is 5.53. The number of hydrogen-bond acceptors (Lipinski definition) is 3. The molecule has 0 aliphatic carbocycles. The van der Waals surface area contributed by atoms with Crippen molar-refractivity contribution in [2.75, 3.05) is 6.61 Å². The number of amides is 1. The zero-order valence-electron chi connectivity index (χ0n) is 13.7. The molecule has 1 heterocycles. The van der Waals surface area contributed by atoms with Gasteiger partial charge in [-0.05, 0) is 48.2 Å². The molecule has 0 aliphatic rings. The van der Waals surface area contributed by atoms with Gasteiger partial charge in [-0.3, -0.25) is 4.79 Å². The summed E-state index contributed by atoms with van der Waals surface area (Å²) in [6.07, 6.45) is 0. The average molecular weight is 372 g/mol. The fourth-order valence-electron chi connectivity index (χ4n) is 2.42. The third-order valence-electron chi connectivity index (χ3n) is 3.73. The summed E-state index contributed by atoms with van der Waals surface area (Å²) in [5.74, 6) is 0.441. The van der Waals surface area contributed by atoms with Gasteiger partial charge in [-0.2, -0.15) is 0 Å². The van der Waals surface area contributed by atoms with Crippen LogP contribution < -0.4 is 10.1 Å². The Morgan fingerprint density at radius 1 is 1.12 bits per heavy atom. The van der Waals surface area contributed by atoms with Crippen LogP contribution in [0.3, 0.4) is 0 Å². The van der Waals surface area contributed by atoms with Crippen LogP contribution in [0.25, 0.3) is 0 Å². The van der Waals surface area contributed by atoms with E-state index in [1.807, 2.05) is 48.7 Å². The zero-order chi connectivity index (χ0) is 17.6. The van der Waals surface area contributed by atoms with E-state index in [1.165, 1.54) is 5.56 Å². The lowest BCUT2D eigenvalue weighted by atomic mass is 10.0. The topological polar surface area (TPSA) is 38.3 Å². The van der Waals surface area contributed by atoms with Crippen molar-refractivity contribution in [3.05, 3.63) is 87.1 Å². The van der Waals surface area contributed by atoms with E-state index < -0.39 is 0 Å². The van der Waals surface area contributed by atoms with Crippen LogP contribution in [0.15, 0.2) is 66.0 Å². The van der Waals surface area contributed by atoms with Crippen LogP contribution in [0.1, 0.15) is 22.0 Å². The van der Waals surface area contributed by atoms with Crippen molar-refractivity contribution in [1.29, 1.82) is 0 Å². The number of carbonyl (C=O) groups excluding carboxylic acids is 1. The second-order valence-corrected chi connectivity index (χ2v) is 7.08. The third-order valence-corrected chi connectivity index (χ3v) is 4.92. The molecule has 0 spiro atoms. The largest absolute Gasteiger partial charge is 0.484 e. The standard InChI is InChI=1S/C20H18ClNO2S/c1-14-4-6-15(7-5-14)20(18-3-2-12-25-18)22-19(23)13-24-17-10-8-16(21)9-11-17/h2-12,20H,13H2,1H3,(H,22,23)/t20-/m0/s1. The van der Waals surface area contributed by atoms with Gasteiger partial charge in [-0.1, -0.05) is 47.5 Å². The summed E-state index contributed by atoms with van der Waals surface area (Å²) in [6.45, 7) is 2.00. The molecule has 0 unspecified atom stereocenters. The second-order valence-electron chi connectivity index (χ2n) is 5.67. The van der Waals surface area contributed by atoms with Gasteiger partial charge in [-0.25, -0.2) is 0 Å². The monoisotopic (exact) mass is 371 g/mol. The van der Waals surface area contributed by atoms with Crippen molar-refractivity contribution in [3.63, 3.8) is 0 Å². The molecule has 25 heavy (non-hydrogen) atoms. The van der Waals surface area contributed by atoms with Gasteiger partial charge in [0.1, 0.15) is 5.75 Å². The number of aryl methyl sites for hydroxylation is 1. The molecule has 1 aromatic heterocycles. The van der Waals surface area contributed by atoms with Crippen LogP contribution in [-0.4, -0.2) is 12.5 Å². The van der Waals surface area contributed by atoms with E-state index in [0.29, 0.717) is 10.8 Å². The molecule has 3 rings (SSSR count). The lowest BCUT2D eigenvalue weighted by molar-refractivity contribution is -0.123.